The first-order valence-corrected chi connectivity index (χ1v) is 11.5. The van der Waals surface area contributed by atoms with E-state index in [0.29, 0.717) is 52.1 Å². The fourth-order valence-electron chi connectivity index (χ4n) is 3.18. The third-order valence-electron chi connectivity index (χ3n) is 5.05. The van der Waals surface area contributed by atoms with Crippen molar-refractivity contribution >= 4 is 29.1 Å². The van der Waals surface area contributed by atoms with Gasteiger partial charge in [0.2, 0.25) is 0 Å². The zero-order valence-corrected chi connectivity index (χ0v) is 19.5. The molecule has 0 fully saturated rings. The molecule has 0 bridgehead atoms. The van der Waals surface area contributed by atoms with Crippen LogP contribution in [0.4, 0.5) is 0 Å². The summed E-state index contributed by atoms with van der Waals surface area (Å²) in [5.74, 6) is 2.08. The van der Waals surface area contributed by atoms with Gasteiger partial charge in [0.1, 0.15) is 16.5 Å². The first-order valence-electron chi connectivity index (χ1n) is 10.5. The molecule has 0 spiro atoms. The molecular weight excluding hydrogens is 454 g/mol. The van der Waals surface area contributed by atoms with E-state index < -0.39 is 0 Å². The average molecular weight is 478 g/mol. The second-order valence-corrected chi connectivity index (χ2v) is 8.23. The highest BCUT2D eigenvalue weighted by Crippen LogP contribution is 2.19. The Morgan fingerprint density at radius 2 is 1.53 bits per heavy atom. The van der Waals surface area contributed by atoms with E-state index in [9.17, 15) is 9.59 Å². The van der Waals surface area contributed by atoms with Gasteiger partial charge in [-0.3, -0.25) is 9.59 Å². The smallest absolute Gasteiger partial charge is 0.251 e. The van der Waals surface area contributed by atoms with Crippen LogP contribution in [0.3, 0.4) is 0 Å². The molecule has 4 aromatic rings. The number of thioether (sulfide) groups is 1. The Morgan fingerprint density at radius 1 is 0.882 bits per heavy atom. The van der Waals surface area contributed by atoms with Crippen LogP contribution in [-0.4, -0.2) is 58.0 Å². The Bertz CT molecular complexity index is 1290. The molecule has 34 heavy (non-hydrogen) atoms. The Morgan fingerprint density at radius 3 is 2.18 bits per heavy atom. The number of ether oxygens (including phenoxy) is 2. The Labute approximate surface area is 200 Å². The first kappa shape index (κ1) is 23.2. The maximum atomic E-state index is 12.5. The summed E-state index contributed by atoms with van der Waals surface area (Å²) in [6.07, 6.45) is 0.453. The van der Waals surface area contributed by atoms with E-state index in [-0.39, 0.29) is 17.4 Å². The number of fused-ring (bicyclic) bond motifs is 1. The molecule has 0 aliphatic carbocycles. The van der Waals surface area contributed by atoms with Crippen LogP contribution >= 0.6 is 11.8 Å². The van der Waals surface area contributed by atoms with E-state index in [2.05, 4.69) is 20.6 Å². The molecule has 2 heterocycles. The van der Waals surface area contributed by atoms with Crippen molar-refractivity contribution in [1.82, 2.24) is 25.1 Å². The summed E-state index contributed by atoms with van der Waals surface area (Å²) in [5, 5.41) is 16.4. The largest absolute Gasteiger partial charge is 0.497 e. The number of carbonyl (C=O) groups is 2. The van der Waals surface area contributed by atoms with Crippen LogP contribution in [0.2, 0.25) is 0 Å². The van der Waals surface area contributed by atoms with Crippen LogP contribution in [0.15, 0.2) is 65.7 Å². The lowest BCUT2D eigenvalue weighted by atomic mass is 10.1. The number of hydrogen-bond donors (Lipinski definition) is 1. The van der Waals surface area contributed by atoms with Gasteiger partial charge in [-0.15, -0.1) is 10.2 Å². The molecule has 1 amide bonds. The predicted molar refractivity (Wildman–Crippen MR) is 128 cm³/mol. The van der Waals surface area contributed by atoms with Gasteiger partial charge in [0.15, 0.2) is 17.3 Å². The van der Waals surface area contributed by atoms with Gasteiger partial charge in [0.05, 0.1) is 20.0 Å². The van der Waals surface area contributed by atoms with Crippen molar-refractivity contribution < 1.29 is 19.1 Å². The number of nitrogens with one attached hydrogen (secondary N) is 1. The maximum Gasteiger partial charge on any atom is 0.251 e. The third-order valence-corrected chi connectivity index (χ3v) is 5.97. The molecule has 10 heteroatoms. The highest BCUT2D eigenvalue weighted by molar-refractivity contribution is 7.99. The normalized spacial score (nSPS) is 10.8. The first-order chi connectivity index (χ1) is 16.6. The number of methoxy groups -OCH3 is 2. The van der Waals surface area contributed by atoms with Crippen LogP contribution in [0.5, 0.6) is 11.5 Å². The second-order valence-electron chi connectivity index (χ2n) is 7.23. The number of carbonyl (C=O) groups excluding carboxylic acids is 2. The van der Waals surface area contributed by atoms with Gasteiger partial charge in [-0.05, 0) is 60.7 Å². The Balaban J connectivity index is 1.35. The molecular formula is C24H23N5O4S. The van der Waals surface area contributed by atoms with Crippen molar-refractivity contribution in [3.05, 3.63) is 77.6 Å². The fourth-order valence-corrected chi connectivity index (χ4v) is 3.93. The fraction of sp³-hybridized carbons (Fsp3) is 0.208. The van der Waals surface area contributed by atoms with Gasteiger partial charge in [-0.25, -0.2) is 0 Å². The van der Waals surface area contributed by atoms with Gasteiger partial charge in [0.25, 0.3) is 5.91 Å². The zero-order chi connectivity index (χ0) is 23.9. The molecule has 0 atom stereocenters. The molecule has 0 saturated heterocycles. The monoisotopic (exact) mass is 477 g/mol. The molecule has 0 unspecified atom stereocenters. The summed E-state index contributed by atoms with van der Waals surface area (Å²) in [5.41, 5.74) is 1.76. The topological polar surface area (TPSA) is 108 Å². The van der Waals surface area contributed by atoms with Crippen molar-refractivity contribution in [3.8, 4) is 11.5 Å². The second kappa shape index (κ2) is 10.8. The molecule has 9 nitrogen and oxygen atoms in total. The van der Waals surface area contributed by atoms with Crippen LogP contribution < -0.4 is 14.8 Å². The van der Waals surface area contributed by atoms with Gasteiger partial charge < -0.3 is 14.8 Å². The van der Waals surface area contributed by atoms with E-state index in [1.54, 1.807) is 73.3 Å². The standard InChI is InChI=1S/C24H23N5O4S/c1-32-18-7-3-16(4-8-18)20(30)15-34-23-12-11-21-26-27-22(29(21)28-23)13-14-25-24(31)17-5-9-19(33-2)10-6-17/h3-12H,13-15H2,1-2H3,(H,25,31). The molecule has 174 valence electrons. The highest BCUT2D eigenvalue weighted by atomic mass is 32.2. The number of Topliss-reactive ketones (excluding diaryl/α,β-unsaturated/α-hetero) is 1. The predicted octanol–water partition coefficient (Wildman–Crippen LogP) is 3.09. The minimum absolute atomic E-state index is 0.000209. The van der Waals surface area contributed by atoms with E-state index in [4.69, 9.17) is 9.47 Å². The van der Waals surface area contributed by atoms with Gasteiger partial charge >= 0.3 is 0 Å². The highest BCUT2D eigenvalue weighted by Gasteiger charge is 2.12. The maximum absolute atomic E-state index is 12.5. The van der Waals surface area contributed by atoms with Crippen LogP contribution in [0, 0.1) is 0 Å². The lowest BCUT2D eigenvalue weighted by molar-refractivity contribution is 0.0953. The van der Waals surface area contributed by atoms with Crippen molar-refractivity contribution in [3.63, 3.8) is 0 Å². The third kappa shape index (κ3) is 5.52. The van der Waals surface area contributed by atoms with Crippen LogP contribution in [-0.2, 0) is 6.42 Å². The number of amides is 1. The molecule has 0 aliphatic rings. The molecule has 4 rings (SSSR count). The SMILES string of the molecule is COc1ccc(C(=O)CSc2ccc3nnc(CCNC(=O)c4ccc(OC)cc4)n3n2)cc1. The van der Waals surface area contributed by atoms with Gasteiger partial charge in [-0.2, -0.15) is 9.61 Å². The van der Waals surface area contributed by atoms with Gasteiger partial charge in [0, 0.05) is 24.1 Å². The number of ketones is 1. The summed E-state index contributed by atoms with van der Waals surface area (Å²) in [7, 11) is 3.16. The molecule has 2 aromatic heterocycles. The Hall–Kier alpha value is -3.92. The van der Waals surface area contributed by atoms with Crippen molar-refractivity contribution in [2.75, 3.05) is 26.5 Å². The molecule has 2 aromatic carbocycles. The zero-order valence-electron chi connectivity index (χ0n) is 18.7. The van der Waals surface area contributed by atoms with E-state index >= 15 is 0 Å². The average Bonchev–Trinajstić information content (AvgIpc) is 3.29. The lowest BCUT2D eigenvalue weighted by Gasteiger charge is -2.06. The summed E-state index contributed by atoms with van der Waals surface area (Å²) < 4.78 is 11.9. The van der Waals surface area contributed by atoms with Crippen molar-refractivity contribution in [2.24, 2.45) is 0 Å². The number of aromatic nitrogens is 4. The quantitative estimate of drug-likeness (QED) is 0.274. The van der Waals surface area contributed by atoms with E-state index in [0.717, 1.165) is 0 Å². The van der Waals surface area contributed by atoms with E-state index in [1.165, 1.54) is 11.8 Å². The molecule has 0 aliphatic heterocycles. The number of benzene rings is 2. The van der Waals surface area contributed by atoms with Crippen molar-refractivity contribution in [1.29, 1.82) is 0 Å². The van der Waals surface area contributed by atoms with Gasteiger partial charge in [-0.1, -0.05) is 11.8 Å². The number of rotatable bonds is 10. The molecule has 0 saturated carbocycles. The number of hydrogen-bond acceptors (Lipinski definition) is 8. The molecule has 0 radical (unpaired) electrons. The minimum Gasteiger partial charge on any atom is -0.497 e. The van der Waals surface area contributed by atoms with E-state index in [1.807, 2.05) is 6.07 Å². The van der Waals surface area contributed by atoms with Crippen LogP contribution in [0.1, 0.15) is 26.5 Å². The van der Waals surface area contributed by atoms with Crippen molar-refractivity contribution in [2.45, 2.75) is 11.4 Å². The van der Waals surface area contributed by atoms with Crippen LogP contribution in [0.25, 0.3) is 5.65 Å². The summed E-state index contributed by atoms with van der Waals surface area (Å²) in [6.45, 7) is 0.376. The Kier molecular flexibility index (Phi) is 7.38. The summed E-state index contributed by atoms with van der Waals surface area (Å²) >= 11 is 1.34. The minimum atomic E-state index is -0.183. The summed E-state index contributed by atoms with van der Waals surface area (Å²) in [6, 6.07) is 17.5. The number of nitrogens with zero attached hydrogens (tertiary/aromatic N) is 4. The molecule has 1 N–H and O–H groups in total. The lowest BCUT2D eigenvalue weighted by Crippen LogP contribution is -2.26. The summed E-state index contributed by atoms with van der Waals surface area (Å²) in [4.78, 5) is 24.8.